The average Bonchev–Trinajstić information content (AvgIpc) is 3.01. The van der Waals surface area contributed by atoms with Gasteiger partial charge >= 0.3 is 0 Å². The molecule has 0 spiro atoms. The van der Waals surface area contributed by atoms with Gasteiger partial charge < -0.3 is 4.90 Å². The van der Waals surface area contributed by atoms with Crippen LogP contribution in [-0.2, 0) is 4.79 Å². The summed E-state index contributed by atoms with van der Waals surface area (Å²) in [6.45, 7) is 4.91. The molecular formula is C15H19FN2O. The molecule has 1 aromatic carbocycles. The number of amides is 1. The van der Waals surface area contributed by atoms with Crippen molar-refractivity contribution in [2.24, 2.45) is 11.8 Å². The number of nitrogens with one attached hydrogen (secondary N) is 1. The molecule has 1 amide bonds. The summed E-state index contributed by atoms with van der Waals surface area (Å²) >= 11 is 0. The SMILES string of the molecule is CC1NC(c2ccc(F)cc2)N(CC2CC2C)C1=O. The molecule has 4 heteroatoms. The Morgan fingerprint density at radius 1 is 1.32 bits per heavy atom. The molecular weight excluding hydrogens is 243 g/mol. The summed E-state index contributed by atoms with van der Waals surface area (Å²) in [5.41, 5.74) is 0.951. The van der Waals surface area contributed by atoms with Crippen molar-refractivity contribution in [1.82, 2.24) is 10.2 Å². The highest BCUT2D eigenvalue weighted by Gasteiger charge is 2.42. The second kappa shape index (κ2) is 4.60. The highest BCUT2D eigenvalue weighted by atomic mass is 19.1. The molecule has 1 saturated heterocycles. The molecule has 1 aliphatic carbocycles. The predicted octanol–water partition coefficient (Wildman–Crippen LogP) is 2.30. The second-order valence-corrected chi connectivity index (χ2v) is 5.81. The van der Waals surface area contributed by atoms with Crippen LogP contribution in [0.2, 0.25) is 0 Å². The molecule has 1 aromatic rings. The van der Waals surface area contributed by atoms with Crippen molar-refractivity contribution in [3.05, 3.63) is 35.6 Å². The Morgan fingerprint density at radius 3 is 2.53 bits per heavy atom. The smallest absolute Gasteiger partial charge is 0.241 e. The minimum atomic E-state index is -0.247. The maximum atomic E-state index is 13.0. The van der Waals surface area contributed by atoms with E-state index in [-0.39, 0.29) is 23.9 Å². The molecule has 3 nitrogen and oxygen atoms in total. The fourth-order valence-electron chi connectivity index (χ4n) is 2.80. The van der Waals surface area contributed by atoms with E-state index in [9.17, 15) is 9.18 Å². The van der Waals surface area contributed by atoms with Gasteiger partial charge in [-0.05, 0) is 42.9 Å². The molecule has 0 bridgehead atoms. The number of hydrogen-bond donors (Lipinski definition) is 1. The Hall–Kier alpha value is -1.42. The van der Waals surface area contributed by atoms with E-state index >= 15 is 0 Å². The van der Waals surface area contributed by atoms with Gasteiger partial charge in [-0.3, -0.25) is 10.1 Å². The van der Waals surface area contributed by atoms with Crippen LogP contribution in [0, 0.1) is 17.7 Å². The topological polar surface area (TPSA) is 32.3 Å². The second-order valence-electron chi connectivity index (χ2n) is 5.81. The highest BCUT2D eigenvalue weighted by Crippen LogP contribution is 2.40. The van der Waals surface area contributed by atoms with E-state index < -0.39 is 0 Å². The Balaban J connectivity index is 1.81. The minimum Gasteiger partial charge on any atom is -0.321 e. The number of rotatable bonds is 3. The van der Waals surface area contributed by atoms with Crippen molar-refractivity contribution >= 4 is 5.91 Å². The molecule has 0 aromatic heterocycles. The third kappa shape index (κ3) is 2.37. The first kappa shape index (κ1) is 12.6. The molecule has 0 radical (unpaired) electrons. The molecule has 1 saturated carbocycles. The quantitative estimate of drug-likeness (QED) is 0.906. The van der Waals surface area contributed by atoms with Crippen LogP contribution in [-0.4, -0.2) is 23.4 Å². The van der Waals surface area contributed by atoms with Crippen LogP contribution in [0.25, 0.3) is 0 Å². The number of carbonyl (C=O) groups excluding carboxylic acids is 1. The molecule has 1 aliphatic heterocycles. The van der Waals surface area contributed by atoms with Crippen LogP contribution in [0.4, 0.5) is 4.39 Å². The standard InChI is InChI=1S/C15H19FN2O/c1-9-7-12(9)8-18-14(17-10(2)15(18)19)11-3-5-13(16)6-4-11/h3-6,9-10,12,14,17H,7-8H2,1-2H3. The van der Waals surface area contributed by atoms with Crippen molar-refractivity contribution in [2.45, 2.75) is 32.5 Å². The fourth-order valence-corrected chi connectivity index (χ4v) is 2.80. The van der Waals surface area contributed by atoms with Gasteiger partial charge in [0, 0.05) is 6.54 Å². The van der Waals surface area contributed by atoms with Gasteiger partial charge in [-0.2, -0.15) is 0 Å². The van der Waals surface area contributed by atoms with Crippen molar-refractivity contribution in [3.8, 4) is 0 Å². The van der Waals surface area contributed by atoms with E-state index in [0.717, 1.165) is 18.0 Å². The Labute approximate surface area is 112 Å². The zero-order valence-electron chi connectivity index (χ0n) is 11.3. The summed E-state index contributed by atoms with van der Waals surface area (Å²) in [6.07, 6.45) is 1.09. The maximum absolute atomic E-state index is 13.0. The van der Waals surface area contributed by atoms with Crippen LogP contribution < -0.4 is 5.32 Å². The molecule has 3 rings (SSSR count). The van der Waals surface area contributed by atoms with Crippen molar-refractivity contribution in [2.75, 3.05) is 6.54 Å². The van der Waals surface area contributed by atoms with E-state index in [0.29, 0.717) is 5.92 Å². The molecule has 4 atom stereocenters. The van der Waals surface area contributed by atoms with Gasteiger partial charge in [-0.25, -0.2) is 4.39 Å². The Kier molecular flexibility index (Phi) is 3.05. The first-order valence-electron chi connectivity index (χ1n) is 6.88. The van der Waals surface area contributed by atoms with Gasteiger partial charge in [0.25, 0.3) is 0 Å². The van der Waals surface area contributed by atoms with Crippen LogP contribution in [0.15, 0.2) is 24.3 Å². The lowest BCUT2D eigenvalue weighted by Gasteiger charge is -2.24. The van der Waals surface area contributed by atoms with E-state index in [1.54, 1.807) is 12.1 Å². The van der Waals surface area contributed by atoms with Gasteiger partial charge in [0.05, 0.1) is 6.04 Å². The minimum absolute atomic E-state index is 0.115. The predicted molar refractivity (Wildman–Crippen MR) is 70.7 cm³/mol. The van der Waals surface area contributed by atoms with Crippen molar-refractivity contribution < 1.29 is 9.18 Å². The van der Waals surface area contributed by atoms with E-state index in [2.05, 4.69) is 12.2 Å². The summed E-state index contributed by atoms with van der Waals surface area (Å²) in [6, 6.07) is 6.23. The van der Waals surface area contributed by atoms with Crippen molar-refractivity contribution in [3.63, 3.8) is 0 Å². The number of halogens is 1. The van der Waals surface area contributed by atoms with Gasteiger partial charge in [0.1, 0.15) is 12.0 Å². The molecule has 4 unspecified atom stereocenters. The molecule has 19 heavy (non-hydrogen) atoms. The zero-order chi connectivity index (χ0) is 13.6. The first-order chi connectivity index (χ1) is 9.06. The summed E-state index contributed by atoms with van der Waals surface area (Å²) in [4.78, 5) is 14.1. The molecule has 1 N–H and O–H groups in total. The largest absolute Gasteiger partial charge is 0.321 e. The first-order valence-corrected chi connectivity index (χ1v) is 6.88. The summed E-state index contributed by atoms with van der Waals surface area (Å²) in [5.74, 6) is 1.24. The third-order valence-electron chi connectivity index (χ3n) is 4.27. The van der Waals surface area contributed by atoms with Gasteiger partial charge in [-0.15, -0.1) is 0 Å². The number of benzene rings is 1. The van der Waals surface area contributed by atoms with Crippen LogP contribution >= 0.6 is 0 Å². The highest BCUT2D eigenvalue weighted by molar-refractivity contribution is 5.84. The monoisotopic (exact) mass is 262 g/mol. The molecule has 2 fully saturated rings. The summed E-state index contributed by atoms with van der Waals surface area (Å²) < 4.78 is 13.0. The van der Waals surface area contributed by atoms with Crippen LogP contribution in [0.1, 0.15) is 32.0 Å². The normalized spacial score (nSPS) is 33.8. The van der Waals surface area contributed by atoms with E-state index in [1.807, 2.05) is 11.8 Å². The lowest BCUT2D eigenvalue weighted by molar-refractivity contribution is -0.130. The lowest BCUT2D eigenvalue weighted by Crippen LogP contribution is -2.32. The molecule has 1 heterocycles. The van der Waals surface area contributed by atoms with Gasteiger partial charge in [0.15, 0.2) is 0 Å². The van der Waals surface area contributed by atoms with Gasteiger partial charge in [0.2, 0.25) is 5.91 Å². The molecule has 2 aliphatic rings. The summed E-state index contributed by atoms with van der Waals surface area (Å²) in [5, 5.41) is 3.29. The summed E-state index contributed by atoms with van der Waals surface area (Å²) in [7, 11) is 0. The third-order valence-corrected chi connectivity index (χ3v) is 4.27. The molecule has 102 valence electrons. The average molecular weight is 262 g/mol. The van der Waals surface area contributed by atoms with E-state index in [4.69, 9.17) is 0 Å². The Bertz CT molecular complexity index is 487. The lowest BCUT2D eigenvalue weighted by atomic mass is 10.1. The van der Waals surface area contributed by atoms with Gasteiger partial charge in [-0.1, -0.05) is 19.1 Å². The fraction of sp³-hybridized carbons (Fsp3) is 0.533. The number of carbonyl (C=O) groups is 1. The van der Waals surface area contributed by atoms with E-state index in [1.165, 1.54) is 18.6 Å². The Morgan fingerprint density at radius 2 is 1.95 bits per heavy atom. The van der Waals surface area contributed by atoms with Crippen molar-refractivity contribution in [1.29, 1.82) is 0 Å². The maximum Gasteiger partial charge on any atom is 0.241 e. The van der Waals surface area contributed by atoms with Crippen LogP contribution in [0.5, 0.6) is 0 Å². The number of nitrogens with zero attached hydrogens (tertiary/aromatic N) is 1. The zero-order valence-corrected chi connectivity index (χ0v) is 11.3. The number of hydrogen-bond acceptors (Lipinski definition) is 2. The van der Waals surface area contributed by atoms with Crippen LogP contribution in [0.3, 0.4) is 0 Å².